The molecule has 0 radical (unpaired) electrons. The summed E-state index contributed by atoms with van der Waals surface area (Å²) in [4.78, 5) is 12.6. The topological polar surface area (TPSA) is 110 Å². The zero-order valence-corrected chi connectivity index (χ0v) is 44.2. The third-order valence-electron chi connectivity index (χ3n) is 13.8. The highest BCUT2D eigenvalue weighted by Gasteiger charge is 2.28. The number of nitrogens with one attached hydrogen (secondary N) is 1. The van der Waals surface area contributed by atoms with Gasteiger partial charge in [0, 0.05) is 0 Å². The first kappa shape index (κ1) is 64.5. The molecule has 0 spiro atoms. The lowest BCUT2D eigenvalue weighted by Crippen LogP contribution is -2.53. The smallest absolute Gasteiger partial charge is 0.249 e. The lowest BCUT2D eigenvalue weighted by Gasteiger charge is -2.27. The van der Waals surface area contributed by atoms with Gasteiger partial charge in [-0.25, -0.2) is 0 Å². The molecule has 6 nitrogen and oxygen atoms in total. The molecule has 390 valence electrons. The second-order valence-electron chi connectivity index (χ2n) is 20.3. The molecule has 1 amide bonds. The molecule has 5 N–H and O–H groups in total. The fourth-order valence-corrected chi connectivity index (χ4v) is 9.20. The van der Waals surface area contributed by atoms with Crippen LogP contribution in [0.15, 0.2) is 36.5 Å². The fourth-order valence-electron chi connectivity index (χ4n) is 9.20. The molecule has 6 heteroatoms. The van der Waals surface area contributed by atoms with E-state index >= 15 is 0 Å². The minimum Gasteiger partial charge on any atom is -0.394 e. The summed E-state index contributed by atoms with van der Waals surface area (Å²) in [5.41, 5.74) is 0. The molecule has 4 atom stereocenters. The van der Waals surface area contributed by atoms with Gasteiger partial charge >= 0.3 is 0 Å². The van der Waals surface area contributed by atoms with Crippen LogP contribution in [0.5, 0.6) is 0 Å². The van der Waals surface area contributed by atoms with Crippen LogP contribution in [0.25, 0.3) is 0 Å². The Bertz CT molecular complexity index is 1040. The van der Waals surface area contributed by atoms with Gasteiger partial charge in [0.25, 0.3) is 0 Å². The van der Waals surface area contributed by atoms with Gasteiger partial charge in [-0.3, -0.25) is 4.79 Å². The molecule has 0 fully saturated rings. The van der Waals surface area contributed by atoms with Crippen molar-refractivity contribution in [1.82, 2.24) is 5.32 Å². The number of carbonyl (C=O) groups excluding carboxylic acids is 1. The average molecular weight is 931 g/mol. The SMILES string of the molecule is CCCCCCC/C=C/CC/C=C/CC/C=C/CCCC(O)C(O)C(CO)NC(=O)C(O)CCCCCCCCCCCCCCCCCCCCCCCCCCCCCCCCCC. The number of hydrogen-bond acceptors (Lipinski definition) is 5. The van der Waals surface area contributed by atoms with E-state index in [1.165, 1.54) is 225 Å². The Balaban J connectivity index is 3.59. The Kier molecular flexibility index (Phi) is 53.3. The first-order valence-electron chi connectivity index (χ1n) is 29.4. The molecule has 0 aromatic carbocycles. The first-order valence-corrected chi connectivity index (χ1v) is 29.4. The molecular formula is C60H115NO5. The summed E-state index contributed by atoms with van der Waals surface area (Å²) in [6.07, 6.45) is 68.0. The van der Waals surface area contributed by atoms with Gasteiger partial charge in [-0.05, 0) is 64.2 Å². The zero-order chi connectivity index (χ0) is 48.1. The molecule has 0 rings (SSSR count). The highest BCUT2D eigenvalue weighted by atomic mass is 16.3. The number of carbonyl (C=O) groups is 1. The van der Waals surface area contributed by atoms with E-state index in [0.717, 1.165) is 51.4 Å². The molecule has 0 aromatic rings. The van der Waals surface area contributed by atoms with Crippen LogP contribution in [-0.4, -0.2) is 57.3 Å². The van der Waals surface area contributed by atoms with E-state index in [2.05, 4.69) is 55.6 Å². The van der Waals surface area contributed by atoms with E-state index in [9.17, 15) is 25.2 Å². The number of amides is 1. The fraction of sp³-hybridized carbons (Fsp3) is 0.883. The van der Waals surface area contributed by atoms with Gasteiger partial charge in [0.05, 0.1) is 18.8 Å². The summed E-state index contributed by atoms with van der Waals surface area (Å²) in [6.45, 7) is 4.05. The molecule has 0 aromatic heterocycles. The molecule has 4 unspecified atom stereocenters. The minimum absolute atomic E-state index is 0.362. The summed E-state index contributed by atoms with van der Waals surface area (Å²) < 4.78 is 0. The van der Waals surface area contributed by atoms with Crippen LogP contribution in [0.3, 0.4) is 0 Å². The first-order chi connectivity index (χ1) is 32.5. The van der Waals surface area contributed by atoms with Crippen molar-refractivity contribution < 1.29 is 25.2 Å². The maximum absolute atomic E-state index is 12.6. The summed E-state index contributed by atoms with van der Waals surface area (Å²) >= 11 is 0. The third kappa shape index (κ3) is 47.6. The highest BCUT2D eigenvalue weighted by Crippen LogP contribution is 2.18. The van der Waals surface area contributed by atoms with Crippen LogP contribution in [0.4, 0.5) is 0 Å². The largest absolute Gasteiger partial charge is 0.394 e. The van der Waals surface area contributed by atoms with Gasteiger partial charge in [-0.15, -0.1) is 0 Å². The zero-order valence-electron chi connectivity index (χ0n) is 44.2. The van der Waals surface area contributed by atoms with Crippen LogP contribution >= 0.6 is 0 Å². The van der Waals surface area contributed by atoms with Crippen molar-refractivity contribution in [3.8, 4) is 0 Å². The summed E-state index contributed by atoms with van der Waals surface area (Å²) in [7, 11) is 0. The lowest BCUT2D eigenvalue weighted by molar-refractivity contribution is -0.132. The second-order valence-corrected chi connectivity index (χ2v) is 20.3. The van der Waals surface area contributed by atoms with Crippen LogP contribution in [0, 0.1) is 0 Å². The molecule has 0 aliphatic rings. The summed E-state index contributed by atoms with van der Waals surface area (Å²) in [5, 5.41) is 43.9. The summed E-state index contributed by atoms with van der Waals surface area (Å²) in [6, 6.07) is -1.01. The standard InChI is InChI=1S/C60H115NO5/c1-3-5-7-9-11-13-15-17-19-21-23-24-25-26-27-28-29-30-31-32-33-34-35-36-38-40-42-44-46-48-50-52-54-58(64)60(66)61-56(55-62)59(65)57(63)53-51-49-47-45-43-41-39-37-22-20-18-16-14-12-10-8-6-4-2/h16,18,37,39,45,47,56-59,62-65H,3-15,17,19-36,38,40-44,46,48-55H2,1-2H3,(H,61,66)/b18-16+,39-37+,47-45+. The monoisotopic (exact) mass is 930 g/mol. The predicted octanol–water partition coefficient (Wildman–Crippen LogP) is 17.2. The van der Waals surface area contributed by atoms with Crippen LogP contribution in [-0.2, 0) is 4.79 Å². The number of rotatable bonds is 54. The number of aliphatic hydroxyl groups is 4. The molecule has 0 saturated carbocycles. The Morgan fingerprint density at radius 1 is 0.364 bits per heavy atom. The van der Waals surface area contributed by atoms with E-state index < -0.39 is 36.9 Å². The number of unbranched alkanes of at least 4 members (excludes halogenated alkanes) is 39. The van der Waals surface area contributed by atoms with Crippen molar-refractivity contribution in [3.05, 3.63) is 36.5 Å². The Morgan fingerprint density at radius 2 is 0.636 bits per heavy atom. The molecular weight excluding hydrogens is 815 g/mol. The van der Waals surface area contributed by atoms with E-state index in [1.54, 1.807) is 0 Å². The highest BCUT2D eigenvalue weighted by molar-refractivity contribution is 5.80. The van der Waals surface area contributed by atoms with Crippen molar-refractivity contribution in [3.63, 3.8) is 0 Å². The van der Waals surface area contributed by atoms with Gasteiger partial charge < -0.3 is 25.7 Å². The Morgan fingerprint density at radius 3 is 0.955 bits per heavy atom. The van der Waals surface area contributed by atoms with Gasteiger partial charge in [-0.1, -0.05) is 281 Å². The van der Waals surface area contributed by atoms with Crippen LogP contribution < -0.4 is 5.32 Å². The normalized spacial score (nSPS) is 14.0. The van der Waals surface area contributed by atoms with E-state index in [4.69, 9.17) is 0 Å². The van der Waals surface area contributed by atoms with Crippen LogP contribution in [0.1, 0.15) is 309 Å². The quantitative estimate of drug-likeness (QED) is 0.0308. The number of hydrogen-bond donors (Lipinski definition) is 5. The van der Waals surface area contributed by atoms with E-state index in [1.807, 2.05) is 0 Å². The van der Waals surface area contributed by atoms with Crippen molar-refractivity contribution in [2.24, 2.45) is 0 Å². The van der Waals surface area contributed by atoms with Crippen molar-refractivity contribution in [2.45, 2.75) is 334 Å². The van der Waals surface area contributed by atoms with E-state index in [-0.39, 0.29) is 0 Å². The molecule has 0 heterocycles. The second kappa shape index (κ2) is 54.5. The van der Waals surface area contributed by atoms with Gasteiger partial charge in [0.2, 0.25) is 5.91 Å². The number of aliphatic hydroxyl groups excluding tert-OH is 4. The maximum Gasteiger partial charge on any atom is 0.249 e. The lowest BCUT2D eigenvalue weighted by atomic mass is 10.00. The predicted molar refractivity (Wildman–Crippen MR) is 288 cm³/mol. The molecule has 0 saturated heterocycles. The molecule has 0 bridgehead atoms. The third-order valence-corrected chi connectivity index (χ3v) is 13.8. The van der Waals surface area contributed by atoms with Crippen molar-refractivity contribution in [1.29, 1.82) is 0 Å². The maximum atomic E-state index is 12.6. The average Bonchev–Trinajstić information content (AvgIpc) is 3.32. The van der Waals surface area contributed by atoms with Gasteiger partial charge in [0.15, 0.2) is 0 Å². The molecule has 0 aliphatic carbocycles. The molecule has 66 heavy (non-hydrogen) atoms. The minimum atomic E-state index is -1.29. The number of allylic oxidation sites excluding steroid dienone is 6. The van der Waals surface area contributed by atoms with Crippen molar-refractivity contribution >= 4 is 5.91 Å². The Hall–Kier alpha value is -1.47. The van der Waals surface area contributed by atoms with E-state index in [0.29, 0.717) is 19.3 Å². The summed E-state index contributed by atoms with van der Waals surface area (Å²) in [5.74, 6) is -0.595. The van der Waals surface area contributed by atoms with Crippen molar-refractivity contribution in [2.75, 3.05) is 6.61 Å². The molecule has 0 aliphatic heterocycles. The Labute approximate surface area is 411 Å². The van der Waals surface area contributed by atoms with Crippen LogP contribution in [0.2, 0.25) is 0 Å². The van der Waals surface area contributed by atoms with Gasteiger partial charge in [0.1, 0.15) is 12.2 Å². The van der Waals surface area contributed by atoms with Gasteiger partial charge in [-0.2, -0.15) is 0 Å².